The van der Waals surface area contributed by atoms with Gasteiger partial charge in [0.2, 0.25) is 0 Å². The number of rotatable bonds is 2. The van der Waals surface area contributed by atoms with Gasteiger partial charge in [0.25, 0.3) is 0 Å². The van der Waals surface area contributed by atoms with Crippen LogP contribution < -0.4 is 9.47 Å². The van der Waals surface area contributed by atoms with Crippen LogP contribution in [0.2, 0.25) is 0 Å². The highest BCUT2D eigenvalue weighted by Crippen LogP contribution is 2.48. The molecular formula is C22H32ClNO2. The molecule has 0 amide bonds. The van der Waals surface area contributed by atoms with E-state index in [1.54, 1.807) is 7.11 Å². The van der Waals surface area contributed by atoms with Gasteiger partial charge in [-0.2, -0.15) is 0 Å². The van der Waals surface area contributed by atoms with E-state index in [0.29, 0.717) is 5.92 Å². The summed E-state index contributed by atoms with van der Waals surface area (Å²) in [6.07, 6.45) is 8.51. The molecule has 1 aliphatic carbocycles. The predicted octanol–water partition coefficient (Wildman–Crippen LogP) is 5.53. The zero-order chi connectivity index (χ0) is 17.8. The quantitative estimate of drug-likeness (QED) is 0.677. The molecule has 1 fully saturated rings. The Morgan fingerprint density at radius 3 is 2.42 bits per heavy atom. The smallest absolute Gasteiger partial charge is 0.166 e. The number of ether oxygens (including phenoxy) is 2. The fourth-order valence-corrected chi connectivity index (χ4v) is 4.94. The average molecular weight is 378 g/mol. The minimum absolute atomic E-state index is 0. The van der Waals surface area contributed by atoms with E-state index in [1.165, 1.54) is 54.5 Å². The second-order valence-corrected chi connectivity index (χ2v) is 9.28. The molecule has 0 radical (unpaired) electrons. The lowest BCUT2D eigenvalue weighted by Crippen LogP contribution is -2.34. The van der Waals surface area contributed by atoms with Crippen LogP contribution >= 0.6 is 12.4 Å². The number of aliphatic imine (C=N–C) groups is 1. The summed E-state index contributed by atoms with van der Waals surface area (Å²) in [5.74, 6) is 2.45. The van der Waals surface area contributed by atoms with Crippen LogP contribution in [0.1, 0.15) is 76.5 Å². The van der Waals surface area contributed by atoms with Crippen LogP contribution in [0.4, 0.5) is 0 Å². The van der Waals surface area contributed by atoms with Gasteiger partial charge in [0, 0.05) is 29.2 Å². The van der Waals surface area contributed by atoms with E-state index in [2.05, 4.69) is 33.8 Å². The fourth-order valence-electron chi connectivity index (χ4n) is 4.94. The van der Waals surface area contributed by atoms with Crippen LogP contribution in [-0.4, -0.2) is 24.0 Å². The molecule has 26 heavy (non-hydrogen) atoms. The first-order valence-electron chi connectivity index (χ1n) is 9.81. The van der Waals surface area contributed by atoms with Gasteiger partial charge in [0.05, 0.1) is 12.6 Å². The average Bonchev–Trinajstić information content (AvgIpc) is 2.88. The van der Waals surface area contributed by atoms with Crippen LogP contribution in [0.15, 0.2) is 11.1 Å². The molecule has 4 rings (SSSR count). The summed E-state index contributed by atoms with van der Waals surface area (Å²) in [6.45, 7) is 8.86. The largest absolute Gasteiger partial charge is 0.493 e. The van der Waals surface area contributed by atoms with Gasteiger partial charge in [-0.25, -0.2) is 0 Å². The topological polar surface area (TPSA) is 30.8 Å². The second-order valence-electron chi connectivity index (χ2n) is 9.28. The Balaban J connectivity index is 0.00000196. The highest BCUT2D eigenvalue weighted by molar-refractivity contribution is 6.06. The molecule has 4 heteroatoms. The van der Waals surface area contributed by atoms with Gasteiger partial charge < -0.3 is 9.47 Å². The third kappa shape index (κ3) is 3.35. The lowest BCUT2D eigenvalue weighted by atomic mass is 9.75. The van der Waals surface area contributed by atoms with Gasteiger partial charge in [0.15, 0.2) is 11.5 Å². The third-order valence-corrected chi connectivity index (χ3v) is 5.92. The molecule has 2 aliphatic heterocycles. The maximum Gasteiger partial charge on any atom is 0.166 e. The Morgan fingerprint density at radius 1 is 1.08 bits per heavy atom. The van der Waals surface area contributed by atoms with Crippen molar-refractivity contribution < 1.29 is 9.47 Å². The van der Waals surface area contributed by atoms with Gasteiger partial charge in [-0.3, -0.25) is 4.99 Å². The third-order valence-electron chi connectivity index (χ3n) is 5.92. The Morgan fingerprint density at radius 2 is 1.77 bits per heavy atom. The molecule has 1 aromatic rings. The molecule has 3 aliphatic rings. The fraction of sp³-hybridized carbons (Fsp3) is 0.682. The number of benzene rings is 1. The van der Waals surface area contributed by atoms with Gasteiger partial charge in [-0.1, -0.05) is 19.3 Å². The normalized spacial score (nSPS) is 23.2. The number of nitrogens with zero attached hydrogens (tertiary/aromatic N) is 1. The molecule has 144 valence electrons. The Hall–Kier alpha value is -1.22. The molecule has 1 saturated carbocycles. The summed E-state index contributed by atoms with van der Waals surface area (Å²) in [6, 6.07) is 2.22. The first-order valence-corrected chi connectivity index (χ1v) is 9.81. The maximum atomic E-state index is 6.29. The highest BCUT2D eigenvalue weighted by atomic mass is 35.5. The Bertz CT molecular complexity index is 730. The van der Waals surface area contributed by atoms with Gasteiger partial charge in [-0.05, 0) is 58.6 Å². The second kappa shape index (κ2) is 6.74. The van der Waals surface area contributed by atoms with E-state index in [4.69, 9.17) is 14.5 Å². The highest BCUT2D eigenvalue weighted by Gasteiger charge is 2.40. The number of hydrogen-bond acceptors (Lipinski definition) is 3. The van der Waals surface area contributed by atoms with Crippen LogP contribution in [0.3, 0.4) is 0 Å². The van der Waals surface area contributed by atoms with Crippen molar-refractivity contribution in [2.24, 2.45) is 10.9 Å². The van der Waals surface area contributed by atoms with E-state index < -0.39 is 0 Å². The SMILES string of the molecule is COc1cc2c(c3c1OC(C)(C)C3)C(C1CCCCC1)=NC(C)(C)C2.Cl. The zero-order valence-electron chi connectivity index (χ0n) is 16.8. The van der Waals surface area contributed by atoms with Crippen LogP contribution in [0.5, 0.6) is 11.5 Å². The van der Waals surface area contributed by atoms with Gasteiger partial charge in [0.1, 0.15) is 5.60 Å². The summed E-state index contributed by atoms with van der Waals surface area (Å²) in [7, 11) is 1.75. The molecular weight excluding hydrogens is 346 g/mol. The van der Waals surface area contributed by atoms with Gasteiger partial charge >= 0.3 is 0 Å². The van der Waals surface area contributed by atoms with Crippen molar-refractivity contribution in [1.82, 2.24) is 0 Å². The van der Waals surface area contributed by atoms with Crippen LogP contribution in [0, 0.1) is 5.92 Å². The van der Waals surface area contributed by atoms with Crippen molar-refractivity contribution in [3.05, 3.63) is 22.8 Å². The molecule has 0 atom stereocenters. The first kappa shape index (κ1) is 19.5. The molecule has 0 aromatic heterocycles. The van der Waals surface area contributed by atoms with E-state index in [1.807, 2.05) is 0 Å². The number of halogens is 1. The number of fused-ring (bicyclic) bond motifs is 3. The van der Waals surface area contributed by atoms with Crippen molar-refractivity contribution >= 4 is 18.1 Å². The van der Waals surface area contributed by atoms with Gasteiger partial charge in [-0.15, -0.1) is 12.4 Å². The summed E-state index contributed by atoms with van der Waals surface area (Å²) < 4.78 is 12.0. The molecule has 0 N–H and O–H groups in total. The van der Waals surface area contributed by atoms with Crippen molar-refractivity contribution in [2.75, 3.05) is 7.11 Å². The van der Waals surface area contributed by atoms with Crippen molar-refractivity contribution in [1.29, 1.82) is 0 Å². The molecule has 0 spiro atoms. The number of methoxy groups -OCH3 is 1. The molecule has 1 aromatic carbocycles. The minimum Gasteiger partial charge on any atom is -0.493 e. The number of hydrogen-bond donors (Lipinski definition) is 0. The van der Waals surface area contributed by atoms with E-state index in [-0.39, 0.29) is 23.5 Å². The van der Waals surface area contributed by atoms with Crippen molar-refractivity contribution in [2.45, 2.75) is 83.8 Å². The summed E-state index contributed by atoms with van der Waals surface area (Å²) in [5, 5.41) is 0. The lowest BCUT2D eigenvalue weighted by Gasteiger charge is -2.35. The minimum atomic E-state index is -0.171. The summed E-state index contributed by atoms with van der Waals surface area (Å²) >= 11 is 0. The summed E-state index contributed by atoms with van der Waals surface area (Å²) in [4.78, 5) is 5.28. The molecule has 2 heterocycles. The predicted molar refractivity (Wildman–Crippen MR) is 110 cm³/mol. The van der Waals surface area contributed by atoms with Crippen LogP contribution in [0.25, 0.3) is 0 Å². The molecule has 0 unspecified atom stereocenters. The zero-order valence-corrected chi connectivity index (χ0v) is 17.6. The molecule has 3 nitrogen and oxygen atoms in total. The standard InChI is InChI=1S/C22H31NO2.ClH/c1-21(2)12-15-11-17(24-5)20-16(13-22(3,4)25-20)18(15)19(23-21)14-9-7-6-8-10-14;/h11,14H,6-10,12-13H2,1-5H3;1H. The Labute approximate surface area is 164 Å². The van der Waals surface area contributed by atoms with Crippen molar-refractivity contribution in [3.63, 3.8) is 0 Å². The molecule has 0 bridgehead atoms. The first-order chi connectivity index (χ1) is 11.8. The van der Waals surface area contributed by atoms with Crippen LogP contribution in [-0.2, 0) is 12.8 Å². The van der Waals surface area contributed by atoms with E-state index >= 15 is 0 Å². The maximum absolute atomic E-state index is 6.29. The lowest BCUT2D eigenvalue weighted by molar-refractivity contribution is 0.134. The van der Waals surface area contributed by atoms with E-state index in [9.17, 15) is 0 Å². The monoisotopic (exact) mass is 377 g/mol. The van der Waals surface area contributed by atoms with Crippen molar-refractivity contribution in [3.8, 4) is 11.5 Å². The summed E-state index contributed by atoms with van der Waals surface area (Å²) in [5.41, 5.74) is 5.28. The molecule has 0 saturated heterocycles. The Kier molecular flexibility index (Phi) is 5.07. The van der Waals surface area contributed by atoms with E-state index in [0.717, 1.165) is 24.3 Å².